The maximum Gasteiger partial charge on any atom is 0.323 e. The van der Waals surface area contributed by atoms with E-state index in [1.165, 1.54) is 30.2 Å². The summed E-state index contributed by atoms with van der Waals surface area (Å²) in [6.07, 6.45) is 0.0501. The van der Waals surface area contributed by atoms with Gasteiger partial charge in [0.25, 0.3) is 5.19 Å². The summed E-state index contributed by atoms with van der Waals surface area (Å²) in [4.78, 5) is 11.9. The van der Waals surface area contributed by atoms with Gasteiger partial charge in [0.2, 0.25) is 0 Å². The number of hydrogen-bond acceptors (Lipinski definition) is 8. The van der Waals surface area contributed by atoms with Crippen LogP contribution >= 0.6 is 34.4 Å². The van der Waals surface area contributed by atoms with Crippen molar-refractivity contribution in [3.05, 3.63) is 22.4 Å². The van der Waals surface area contributed by atoms with Crippen LogP contribution < -0.4 is 4.74 Å². The van der Waals surface area contributed by atoms with Gasteiger partial charge in [-0.15, -0.1) is 5.10 Å². The molecule has 5 nitrogen and oxygen atoms in total. The van der Waals surface area contributed by atoms with E-state index in [0.29, 0.717) is 9.53 Å². The van der Waals surface area contributed by atoms with Crippen molar-refractivity contribution in [3.63, 3.8) is 0 Å². The summed E-state index contributed by atoms with van der Waals surface area (Å²) in [5.74, 6) is -0.296. The maximum atomic E-state index is 11.9. The second-order valence-electron chi connectivity index (χ2n) is 4.08. The molecule has 0 saturated heterocycles. The van der Waals surface area contributed by atoms with Crippen molar-refractivity contribution in [1.82, 2.24) is 10.2 Å². The fourth-order valence-electron chi connectivity index (χ4n) is 1.38. The average Bonchev–Trinajstić information content (AvgIpc) is 3.05. The topological polar surface area (TPSA) is 61.3 Å². The van der Waals surface area contributed by atoms with Gasteiger partial charge in [-0.25, -0.2) is 0 Å². The molecule has 0 amide bonds. The van der Waals surface area contributed by atoms with E-state index in [1.54, 1.807) is 11.3 Å². The Kier molecular flexibility index (Phi) is 5.38. The number of carbonyl (C=O) groups excluding carboxylic acids is 1. The largest absolute Gasteiger partial charge is 0.468 e. The van der Waals surface area contributed by atoms with Gasteiger partial charge in [0, 0.05) is 0 Å². The van der Waals surface area contributed by atoms with Crippen LogP contribution in [-0.4, -0.2) is 29.4 Å². The van der Waals surface area contributed by atoms with E-state index in [9.17, 15) is 4.79 Å². The van der Waals surface area contributed by atoms with Crippen LogP contribution in [0.3, 0.4) is 0 Å². The molecule has 0 radical (unpaired) electrons. The number of methoxy groups -OCH3 is 1. The Bertz CT molecular complexity index is 554. The molecule has 2 heterocycles. The lowest BCUT2D eigenvalue weighted by Gasteiger charge is -2.10. The predicted molar refractivity (Wildman–Crippen MR) is 80.6 cm³/mol. The molecule has 2 aromatic rings. The number of carbonyl (C=O) groups is 1. The number of thiophene rings is 1. The predicted octanol–water partition coefficient (Wildman–Crippen LogP) is 3.39. The Morgan fingerprint density at radius 2 is 2.20 bits per heavy atom. The molecule has 0 N–H and O–H groups in total. The lowest BCUT2D eigenvalue weighted by molar-refractivity contribution is -0.140. The molecule has 2 aromatic heterocycles. The second-order valence-corrected chi connectivity index (χ2v) is 7.15. The van der Waals surface area contributed by atoms with Gasteiger partial charge in [-0.05, 0) is 47.6 Å². The minimum atomic E-state index is -0.425. The third-order valence-corrected chi connectivity index (χ3v) is 5.04. The van der Waals surface area contributed by atoms with E-state index < -0.39 is 5.25 Å². The fourth-order valence-corrected chi connectivity index (χ4v) is 4.16. The van der Waals surface area contributed by atoms with Crippen LogP contribution in [-0.2, 0) is 9.53 Å². The standard InChI is InChI=1S/C12H14N2O3S3/c1-7(2)17-11-13-14-12(20-11)19-9(10(15)16-3)8-4-5-18-6-8/h4-7,9H,1-3H3. The van der Waals surface area contributed by atoms with E-state index in [2.05, 4.69) is 10.2 Å². The van der Waals surface area contributed by atoms with Crippen LogP contribution in [0.5, 0.6) is 5.19 Å². The molecule has 20 heavy (non-hydrogen) atoms. The van der Waals surface area contributed by atoms with Crippen molar-refractivity contribution in [2.24, 2.45) is 0 Å². The minimum absolute atomic E-state index is 0.0501. The molecule has 0 aliphatic heterocycles. The summed E-state index contributed by atoms with van der Waals surface area (Å²) in [5.41, 5.74) is 0.911. The van der Waals surface area contributed by atoms with Crippen molar-refractivity contribution in [2.75, 3.05) is 7.11 Å². The molecule has 0 aliphatic rings. The van der Waals surface area contributed by atoms with Gasteiger partial charge in [-0.3, -0.25) is 4.79 Å². The van der Waals surface area contributed by atoms with Crippen molar-refractivity contribution >= 4 is 40.4 Å². The lowest BCUT2D eigenvalue weighted by Crippen LogP contribution is -2.10. The third kappa shape index (κ3) is 3.94. The molecule has 8 heteroatoms. The molecule has 0 spiro atoms. The van der Waals surface area contributed by atoms with Gasteiger partial charge in [0.15, 0.2) is 4.34 Å². The highest BCUT2D eigenvalue weighted by molar-refractivity contribution is 8.01. The van der Waals surface area contributed by atoms with E-state index in [1.807, 2.05) is 30.7 Å². The van der Waals surface area contributed by atoms with Crippen LogP contribution in [0.25, 0.3) is 0 Å². The molecule has 0 saturated carbocycles. The van der Waals surface area contributed by atoms with Crippen LogP contribution in [0.2, 0.25) is 0 Å². The first kappa shape index (κ1) is 15.3. The Balaban J connectivity index is 2.12. The molecule has 0 aromatic carbocycles. The lowest BCUT2D eigenvalue weighted by atomic mass is 10.2. The normalized spacial score (nSPS) is 12.4. The van der Waals surface area contributed by atoms with Crippen molar-refractivity contribution in [3.8, 4) is 5.19 Å². The van der Waals surface area contributed by atoms with Crippen LogP contribution in [0.1, 0.15) is 24.7 Å². The van der Waals surface area contributed by atoms with Gasteiger partial charge in [-0.2, -0.15) is 11.3 Å². The van der Waals surface area contributed by atoms with Crippen molar-refractivity contribution in [2.45, 2.75) is 29.5 Å². The molecular weight excluding hydrogens is 316 g/mol. The van der Waals surface area contributed by atoms with Gasteiger partial charge in [-0.1, -0.05) is 16.9 Å². The van der Waals surface area contributed by atoms with Crippen LogP contribution in [0.4, 0.5) is 0 Å². The summed E-state index contributed by atoms with van der Waals surface area (Å²) < 4.78 is 11.0. The molecule has 0 aliphatic carbocycles. The average molecular weight is 330 g/mol. The number of aromatic nitrogens is 2. The van der Waals surface area contributed by atoms with E-state index in [4.69, 9.17) is 9.47 Å². The van der Waals surface area contributed by atoms with Gasteiger partial charge in [0.05, 0.1) is 13.2 Å². The first-order valence-electron chi connectivity index (χ1n) is 5.87. The van der Waals surface area contributed by atoms with E-state index in [0.717, 1.165) is 5.56 Å². The minimum Gasteiger partial charge on any atom is -0.468 e. The van der Waals surface area contributed by atoms with Gasteiger partial charge >= 0.3 is 5.97 Å². The molecule has 0 bridgehead atoms. The zero-order valence-electron chi connectivity index (χ0n) is 11.2. The Labute approximate surface area is 129 Å². The highest BCUT2D eigenvalue weighted by Crippen LogP contribution is 2.39. The smallest absolute Gasteiger partial charge is 0.323 e. The monoisotopic (exact) mass is 330 g/mol. The van der Waals surface area contributed by atoms with Crippen LogP contribution in [0, 0.1) is 0 Å². The van der Waals surface area contributed by atoms with Crippen molar-refractivity contribution < 1.29 is 14.3 Å². The molecule has 108 valence electrons. The first-order chi connectivity index (χ1) is 9.60. The zero-order chi connectivity index (χ0) is 14.5. The third-order valence-electron chi connectivity index (χ3n) is 2.20. The highest BCUT2D eigenvalue weighted by atomic mass is 32.2. The SMILES string of the molecule is COC(=O)C(Sc1nnc(OC(C)C)s1)c1ccsc1. The number of thioether (sulfide) groups is 1. The Morgan fingerprint density at radius 3 is 2.80 bits per heavy atom. The summed E-state index contributed by atoms with van der Waals surface area (Å²) >= 11 is 4.19. The highest BCUT2D eigenvalue weighted by Gasteiger charge is 2.25. The number of ether oxygens (including phenoxy) is 2. The number of rotatable bonds is 6. The molecule has 1 unspecified atom stereocenters. The molecule has 1 atom stereocenters. The number of hydrogen-bond donors (Lipinski definition) is 0. The Morgan fingerprint density at radius 1 is 1.40 bits per heavy atom. The molecule has 2 rings (SSSR count). The summed E-state index contributed by atoms with van der Waals surface area (Å²) in [6.45, 7) is 3.85. The number of esters is 1. The van der Waals surface area contributed by atoms with Crippen molar-refractivity contribution in [1.29, 1.82) is 0 Å². The molecular formula is C12H14N2O3S3. The molecule has 0 fully saturated rings. The summed E-state index contributed by atoms with van der Waals surface area (Å²) in [7, 11) is 1.38. The van der Waals surface area contributed by atoms with Crippen LogP contribution in [0.15, 0.2) is 21.2 Å². The first-order valence-corrected chi connectivity index (χ1v) is 8.50. The van der Waals surface area contributed by atoms with E-state index >= 15 is 0 Å². The fraction of sp³-hybridized carbons (Fsp3) is 0.417. The quantitative estimate of drug-likeness (QED) is 0.597. The van der Waals surface area contributed by atoms with E-state index in [-0.39, 0.29) is 12.1 Å². The van der Waals surface area contributed by atoms with Gasteiger partial charge in [0.1, 0.15) is 5.25 Å². The van der Waals surface area contributed by atoms with Gasteiger partial charge < -0.3 is 9.47 Å². The summed E-state index contributed by atoms with van der Waals surface area (Å²) in [6, 6.07) is 1.91. The summed E-state index contributed by atoms with van der Waals surface area (Å²) in [5, 5.41) is 11.9. The zero-order valence-corrected chi connectivity index (χ0v) is 13.7. The maximum absolute atomic E-state index is 11.9. The number of nitrogens with zero attached hydrogens (tertiary/aromatic N) is 2. The second kappa shape index (κ2) is 7.05. The Hall–Kier alpha value is -1.12.